The molecule has 0 aliphatic rings. The lowest BCUT2D eigenvalue weighted by Gasteiger charge is -2.17. The second-order valence-corrected chi connectivity index (χ2v) is 8.16. The molecule has 0 fully saturated rings. The minimum absolute atomic E-state index is 0.0327. The molecule has 0 unspecified atom stereocenters. The van der Waals surface area contributed by atoms with Crippen molar-refractivity contribution in [2.24, 2.45) is 7.05 Å². The van der Waals surface area contributed by atoms with E-state index in [0.717, 1.165) is 22.8 Å². The van der Waals surface area contributed by atoms with Crippen LogP contribution >= 0.6 is 11.6 Å². The third-order valence-corrected chi connectivity index (χ3v) is 6.12. The highest BCUT2D eigenvalue weighted by Crippen LogP contribution is 2.27. The minimum atomic E-state index is -4.81. The van der Waals surface area contributed by atoms with Crippen LogP contribution in [0.3, 0.4) is 0 Å². The fourth-order valence-corrected chi connectivity index (χ4v) is 4.02. The van der Waals surface area contributed by atoms with E-state index in [2.05, 4.69) is 5.32 Å². The second-order valence-electron chi connectivity index (χ2n) is 6.10. The molecule has 1 atom stereocenters. The van der Waals surface area contributed by atoms with E-state index in [1.807, 2.05) is 0 Å². The number of carbonyl (C=O) groups excluding carboxylic acids is 1. The zero-order valence-electron chi connectivity index (χ0n) is 15.2. The average Bonchev–Trinajstić information content (AvgIpc) is 2.90. The van der Waals surface area contributed by atoms with Gasteiger partial charge < -0.3 is 9.88 Å². The monoisotopic (exact) mass is 459 g/mol. The van der Waals surface area contributed by atoms with Crippen molar-refractivity contribution in [3.8, 4) is 0 Å². The number of sulfonamides is 1. The summed E-state index contributed by atoms with van der Waals surface area (Å²) in [6.45, 7) is 1.91. The fraction of sp³-hybridized carbons (Fsp3) is 0.312. The van der Waals surface area contributed by atoms with Gasteiger partial charge in [0.1, 0.15) is 27.5 Å². The lowest BCUT2D eigenvalue weighted by molar-refractivity contribution is -0.147. The third kappa shape index (κ3) is 4.70. The number of amides is 1. The molecule has 0 saturated heterocycles. The van der Waals surface area contributed by atoms with Gasteiger partial charge in [0.2, 0.25) is 10.0 Å². The predicted octanol–water partition coefficient (Wildman–Crippen LogP) is 3.75. The molecule has 160 valence electrons. The number of anilines is 1. The number of hydrogen-bond donors (Lipinski definition) is 2. The Bertz CT molecular complexity index is 1070. The standard InChI is InChI=1S/C16H15ClF5N3O3S/c1-7-12(29(27,28)24-8(2)16(20,21)22)6-11(25(7)3)15(26)23-10-5-4-9(18)13(17)14(10)19/h4-6,8,24H,1-3H3,(H,23,26)/t8-/m1/s1. The first-order chi connectivity index (χ1) is 13.2. The summed E-state index contributed by atoms with van der Waals surface area (Å²) in [5, 5.41) is 1.26. The first-order valence-electron chi connectivity index (χ1n) is 7.87. The van der Waals surface area contributed by atoms with Crippen molar-refractivity contribution >= 4 is 33.2 Å². The molecule has 0 aliphatic heterocycles. The van der Waals surface area contributed by atoms with Crippen LogP contribution in [0.1, 0.15) is 23.1 Å². The Balaban J connectivity index is 2.38. The highest BCUT2D eigenvalue weighted by molar-refractivity contribution is 7.89. The lowest BCUT2D eigenvalue weighted by Crippen LogP contribution is -2.43. The van der Waals surface area contributed by atoms with Gasteiger partial charge in [-0.1, -0.05) is 11.6 Å². The molecule has 0 radical (unpaired) electrons. The van der Waals surface area contributed by atoms with Crippen LogP contribution in [0.2, 0.25) is 5.02 Å². The molecule has 2 rings (SSSR count). The Labute approximate surface area is 167 Å². The first kappa shape index (κ1) is 23.1. The van der Waals surface area contributed by atoms with Crippen LogP contribution in [-0.4, -0.2) is 31.1 Å². The molecule has 0 aliphatic carbocycles. The number of nitrogens with one attached hydrogen (secondary N) is 2. The molecule has 0 spiro atoms. The number of nitrogens with zero attached hydrogens (tertiary/aromatic N) is 1. The highest BCUT2D eigenvalue weighted by Gasteiger charge is 2.39. The molecular weight excluding hydrogens is 445 g/mol. The van der Waals surface area contributed by atoms with E-state index in [1.54, 1.807) is 0 Å². The van der Waals surface area contributed by atoms with Gasteiger partial charge in [0.25, 0.3) is 5.91 Å². The second kappa shape index (κ2) is 7.92. The van der Waals surface area contributed by atoms with Crippen LogP contribution in [0.4, 0.5) is 27.6 Å². The van der Waals surface area contributed by atoms with Crippen molar-refractivity contribution in [2.75, 3.05) is 5.32 Å². The molecule has 13 heteroatoms. The largest absolute Gasteiger partial charge is 0.404 e. The van der Waals surface area contributed by atoms with Gasteiger partial charge in [0.05, 0.1) is 5.69 Å². The molecular formula is C16H15ClF5N3O3S. The maximum Gasteiger partial charge on any atom is 0.404 e. The molecule has 1 heterocycles. The van der Waals surface area contributed by atoms with Gasteiger partial charge in [-0.2, -0.15) is 17.9 Å². The van der Waals surface area contributed by atoms with Crippen LogP contribution in [0.25, 0.3) is 0 Å². The Morgan fingerprint density at radius 2 is 1.83 bits per heavy atom. The summed E-state index contributed by atoms with van der Waals surface area (Å²) in [7, 11) is -3.32. The summed E-state index contributed by atoms with van der Waals surface area (Å²) in [4.78, 5) is 11.9. The van der Waals surface area contributed by atoms with E-state index in [9.17, 15) is 35.2 Å². The number of halogens is 6. The minimum Gasteiger partial charge on any atom is -0.343 e. The van der Waals surface area contributed by atoms with Crippen molar-refractivity contribution in [3.05, 3.63) is 46.2 Å². The van der Waals surface area contributed by atoms with Crippen LogP contribution in [0, 0.1) is 18.6 Å². The van der Waals surface area contributed by atoms with E-state index in [1.165, 1.54) is 18.7 Å². The molecule has 6 nitrogen and oxygen atoms in total. The van der Waals surface area contributed by atoms with Crippen molar-refractivity contribution in [3.63, 3.8) is 0 Å². The summed E-state index contributed by atoms with van der Waals surface area (Å²) < 4.78 is 92.4. The Hall–Kier alpha value is -2.18. The van der Waals surface area contributed by atoms with Crippen LogP contribution in [0.15, 0.2) is 23.1 Å². The molecule has 2 N–H and O–H groups in total. The van der Waals surface area contributed by atoms with Crippen molar-refractivity contribution in [1.29, 1.82) is 0 Å². The summed E-state index contributed by atoms with van der Waals surface area (Å²) >= 11 is 5.43. The quantitative estimate of drug-likeness (QED) is 0.528. The Morgan fingerprint density at radius 1 is 1.24 bits per heavy atom. The predicted molar refractivity (Wildman–Crippen MR) is 95.3 cm³/mol. The molecule has 1 aromatic heterocycles. The molecule has 29 heavy (non-hydrogen) atoms. The summed E-state index contributed by atoms with van der Waals surface area (Å²) in [5.41, 5.74) is -0.787. The van der Waals surface area contributed by atoms with Crippen molar-refractivity contribution < 1.29 is 35.2 Å². The maximum absolute atomic E-state index is 14.0. The summed E-state index contributed by atoms with van der Waals surface area (Å²) in [5.74, 6) is -3.27. The lowest BCUT2D eigenvalue weighted by atomic mass is 10.2. The molecule has 2 aromatic rings. The zero-order valence-corrected chi connectivity index (χ0v) is 16.7. The summed E-state index contributed by atoms with van der Waals surface area (Å²) in [6, 6.07) is 0.211. The van der Waals surface area contributed by atoms with E-state index in [0.29, 0.717) is 6.92 Å². The fourth-order valence-electron chi connectivity index (χ4n) is 2.33. The van der Waals surface area contributed by atoms with Crippen LogP contribution < -0.4 is 10.0 Å². The SMILES string of the molecule is Cc1c(S(=O)(=O)N[C@H](C)C(F)(F)F)cc(C(=O)Nc2ccc(F)c(Cl)c2F)n1C. The van der Waals surface area contributed by atoms with Gasteiger partial charge in [-0.15, -0.1) is 0 Å². The molecule has 1 amide bonds. The number of carbonyl (C=O) groups is 1. The zero-order chi connectivity index (χ0) is 22.3. The maximum atomic E-state index is 14.0. The molecule has 0 bridgehead atoms. The van der Waals surface area contributed by atoms with Crippen LogP contribution in [0.5, 0.6) is 0 Å². The van der Waals surface area contributed by atoms with Crippen molar-refractivity contribution in [1.82, 2.24) is 9.29 Å². The number of hydrogen-bond acceptors (Lipinski definition) is 3. The topological polar surface area (TPSA) is 80.2 Å². The Morgan fingerprint density at radius 3 is 2.38 bits per heavy atom. The normalized spacial score (nSPS) is 13.4. The third-order valence-electron chi connectivity index (χ3n) is 4.12. The van der Waals surface area contributed by atoms with E-state index >= 15 is 0 Å². The molecule has 0 saturated carbocycles. The number of rotatable bonds is 5. The Kier molecular flexibility index (Phi) is 6.31. The van der Waals surface area contributed by atoms with E-state index < -0.39 is 55.4 Å². The van der Waals surface area contributed by atoms with Gasteiger partial charge in [-0.25, -0.2) is 17.2 Å². The van der Waals surface area contributed by atoms with Crippen molar-refractivity contribution in [2.45, 2.75) is 31.0 Å². The number of alkyl halides is 3. The van der Waals surface area contributed by atoms with E-state index in [-0.39, 0.29) is 11.4 Å². The number of aromatic nitrogens is 1. The van der Waals surface area contributed by atoms with Gasteiger partial charge >= 0.3 is 6.18 Å². The smallest absolute Gasteiger partial charge is 0.343 e. The number of benzene rings is 1. The molecule has 1 aromatic carbocycles. The van der Waals surface area contributed by atoms with Crippen LogP contribution in [-0.2, 0) is 17.1 Å². The van der Waals surface area contributed by atoms with Gasteiger partial charge in [0.15, 0.2) is 5.82 Å². The van der Waals surface area contributed by atoms with Gasteiger partial charge in [0, 0.05) is 12.7 Å². The first-order valence-corrected chi connectivity index (χ1v) is 9.73. The average molecular weight is 460 g/mol. The van der Waals surface area contributed by atoms with Gasteiger partial charge in [-0.05, 0) is 32.0 Å². The van der Waals surface area contributed by atoms with E-state index in [4.69, 9.17) is 11.6 Å². The highest BCUT2D eigenvalue weighted by atomic mass is 35.5. The van der Waals surface area contributed by atoms with Gasteiger partial charge in [-0.3, -0.25) is 4.79 Å². The summed E-state index contributed by atoms with van der Waals surface area (Å²) in [6.07, 6.45) is -4.81.